The molecule has 1 aliphatic heterocycles. The van der Waals surface area contributed by atoms with Crippen molar-refractivity contribution >= 4 is 29.6 Å². The van der Waals surface area contributed by atoms with E-state index >= 15 is 0 Å². The Balaban J connectivity index is 1.69. The maximum Gasteiger partial charge on any atom is 0.344 e. The largest absolute Gasteiger partial charge is 0.344 e. The van der Waals surface area contributed by atoms with E-state index in [-0.39, 0.29) is 5.75 Å². The Labute approximate surface area is 173 Å². The van der Waals surface area contributed by atoms with Gasteiger partial charge in [0.15, 0.2) is 5.16 Å². The van der Waals surface area contributed by atoms with Gasteiger partial charge >= 0.3 is 6.03 Å². The number of imide groups is 1. The molecule has 0 bridgehead atoms. The van der Waals surface area contributed by atoms with Crippen LogP contribution in [0.4, 0.5) is 4.79 Å². The average molecular weight is 414 g/mol. The number of amides is 4. The van der Waals surface area contributed by atoms with Crippen LogP contribution in [0.3, 0.4) is 0 Å². The molecule has 9 heteroatoms. The highest BCUT2D eigenvalue weighted by molar-refractivity contribution is 7.99. The number of nitrogens with zero attached hydrogens (tertiary/aromatic N) is 3. The first-order chi connectivity index (χ1) is 13.8. The summed E-state index contributed by atoms with van der Waals surface area (Å²) in [5.74, 6) is -1.02. The second-order valence-corrected chi connectivity index (χ2v) is 7.76. The van der Waals surface area contributed by atoms with Crippen LogP contribution in [-0.4, -0.2) is 38.6 Å². The number of hydrazine groups is 1. The van der Waals surface area contributed by atoms with Gasteiger partial charge in [-0.2, -0.15) is 5.01 Å². The first kappa shape index (κ1) is 20.8. The lowest BCUT2D eigenvalue weighted by atomic mass is 9.87. The summed E-state index contributed by atoms with van der Waals surface area (Å²) in [7, 11) is 0. The zero-order chi connectivity index (χ0) is 21.2. The number of hydrogen-bond donors (Lipinski definition) is 2. The Kier molecular flexibility index (Phi) is 5.88. The SMILES string of the molecule is CC[C@@]1(c2ccccc2)NC(=O)N(NC(=O)CSc2nc(C)c(C)c(C)n2)C1=O. The first-order valence-corrected chi connectivity index (χ1v) is 10.2. The Morgan fingerprint density at radius 2 is 1.76 bits per heavy atom. The van der Waals surface area contributed by atoms with Crippen LogP contribution in [0.2, 0.25) is 0 Å². The summed E-state index contributed by atoms with van der Waals surface area (Å²) in [6.45, 7) is 7.52. The van der Waals surface area contributed by atoms with Crippen LogP contribution >= 0.6 is 11.8 Å². The lowest BCUT2D eigenvalue weighted by molar-refractivity contribution is -0.138. The van der Waals surface area contributed by atoms with E-state index in [1.54, 1.807) is 24.3 Å². The Morgan fingerprint density at radius 1 is 1.14 bits per heavy atom. The van der Waals surface area contributed by atoms with E-state index in [9.17, 15) is 14.4 Å². The lowest BCUT2D eigenvalue weighted by Crippen LogP contribution is -2.49. The molecule has 1 aromatic carbocycles. The number of carbonyl (C=O) groups excluding carboxylic acids is 3. The molecule has 3 rings (SSSR count). The zero-order valence-electron chi connectivity index (χ0n) is 16.8. The second-order valence-electron chi connectivity index (χ2n) is 6.82. The van der Waals surface area contributed by atoms with Crippen LogP contribution < -0.4 is 10.7 Å². The second kappa shape index (κ2) is 8.20. The molecule has 152 valence electrons. The smallest absolute Gasteiger partial charge is 0.318 e. The van der Waals surface area contributed by atoms with E-state index < -0.39 is 23.4 Å². The quantitative estimate of drug-likeness (QED) is 0.428. The molecule has 2 aromatic rings. The molecule has 8 nitrogen and oxygen atoms in total. The van der Waals surface area contributed by atoms with Crippen molar-refractivity contribution in [3.05, 3.63) is 52.8 Å². The van der Waals surface area contributed by atoms with Gasteiger partial charge in [-0.05, 0) is 38.3 Å². The van der Waals surface area contributed by atoms with Gasteiger partial charge in [0.2, 0.25) is 5.91 Å². The molecule has 2 N–H and O–H groups in total. The van der Waals surface area contributed by atoms with E-state index in [0.717, 1.165) is 33.7 Å². The Morgan fingerprint density at radius 3 is 2.34 bits per heavy atom. The number of benzene rings is 1. The van der Waals surface area contributed by atoms with Crippen molar-refractivity contribution in [2.75, 3.05) is 5.75 Å². The highest BCUT2D eigenvalue weighted by Gasteiger charge is 2.52. The summed E-state index contributed by atoms with van der Waals surface area (Å²) in [4.78, 5) is 46.5. The third-order valence-electron chi connectivity index (χ3n) is 5.07. The fraction of sp³-hybridized carbons (Fsp3) is 0.350. The van der Waals surface area contributed by atoms with E-state index in [1.165, 1.54) is 0 Å². The number of nitrogens with one attached hydrogen (secondary N) is 2. The molecule has 0 aliphatic carbocycles. The summed E-state index contributed by atoms with van der Waals surface area (Å²) in [6.07, 6.45) is 0.360. The van der Waals surface area contributed by atoms with Gasteiger partial charge in [0, 0.05) is 11.4 Å². The molecule has 1 atom stereocenters. The van der Waals surface area contributed by atoms with Crippen molar-refractivity contribution in [3.63, 3.8) is 0 Å². The maximum absolute atomic E-state index is 13.0. The van der Waals surface area contributed by atoms with Crippen LogP contribution in [0.25, 0.3) is 0 Å². The topological polar surface area (TPSA) is 104 Å². The minimum absolute atomic E-state index is 0.0243. The van der Waals surface area contributed by atoms with Gasteiger partial charge in [0.1, 0.15) is 5.54 Å². The van der Waals surface area contributed by atoms with E-state index in [1.807, 2.05) is 33.8 Å². The summed E-state index contributed by atoms with van der Waals surface area (Å²) >= 11 is 1.15. The fourth-order valence-electron chi connectivity index (χ4n) is 3.13. The van der Waals surface area contributed by atoms with E-state index in [0.29, 0.717) is 17.1 Å². The zero-order valence-corrected chi connectivity index (χ0v) is 17.6. The monoisotopic (exact) mass is 413 g/mol. The molecular formula is C20H23N5O3S. The van der Waals surface area contributed by atoms with Crippen LogP contribution in [0.1, 0.15) is 35.9 Å². The number of hydrogen-bond acceptors (Lipinski definition) is 6. The minimum Gasteiger partial charge on any atom is -0.318 e. The third kappa shape index (κ3) is 3.95. The van der Waals surface area contributed by atoms with Crippen molar-refractivity contribution in [2.24, 2.45) is 0 Å². The molecule has 0 unspecified atom stereocenters. The molecular weight excluding hydrogens is 390 g/mol. The number of urea groups is 1. The van der Waals surface area contributed by atoms with Gasteiger partial charge in [-0.1, -0.05) is 49.0 Å². The third-order valence-corrected chi connectivity index (χ3v) is 5.92. The van der Waals surface area contributed by atoms with Crippen LogP contribution in [0.5, 0.6) is 0 Å². The molecule has 0 spiro atoms. The predicted molar refractivity (Wildman–Crippen MR) is 109 cm³/mol. The normalized spacial score (nSPS) is 18.7. The molecule has 1 aromatic heterocycles. The standard InChI is InChI=1S/C20H23N5O3S/c1-5-20(15-9-7-6-8-10-15)17(27)25(19(28)23-20)24-16(26)11-29-18-21-13(3)12(2)14(4)22-18/h6-10H,5,11H2,1-4H3,(H,23,28)(H,24,26)/t20-/m0/s1. The Bertz CT molecular complexity index is 943. The van der Waals surface area contributed by atoms with Gasteiger partial charge in [0.05, 0.1) is 5.75 Å². The maximum atomic E-state index is 13.0. The van der Waals surface area contributed by atoms with Crippen LogP contribution in [-0.2, 0) is 15.1 Å². The van der Waals surface area contributed by atoms with Gasteiger partial charge in [-0.25, -0.2) is 14.8 Å². The average Bonchev–Trinajstić information content (AvgIpc) is 2.96. The molecule has 2 heterocycles. The fourth-order valence-corrected chi connectivity index (χ4v) is 3.86. The highest BCUT2D eigenvalue weighted by Crippen LogP contribution is 2.31. The van der Waals surface area contributed by atoms with Crippen molar-refractivity contribution in [2.45, 2.75) is 44.8 Å². The minimum atomic E-state index is -1.19. The van der Waals surface area contributed by atoms with E-state index in [4.69, 9.17) is 0 Å². The molecule has 1 fully saturated rings. The van der Waals surface area contributed by atoms with Crippen LogP contribution in [0.15, 0.2) is 35.5 Å². The molecule has 0 radical (unpaired) electrons. The molecule has 0 saturated carbocycles. The highest BCUT2D eigenvalue weighted by atomic mass is 32.2. The number of aryl methyl sites for hydroxylation is 2. The summed E-state index contributed by atoms with van der Waals surface area (Å²) < 4.78 is 0. The van der Waals surface area contributed by atoms with Gasteiger partial charge in [0.25, 0.3) is 5.91 Å². The number of rotatable bonds is 6. The predicted octanol–water partition coefficient (Wildman–Crippen LogP) is 2.38. The van der Waals surface area contributed by atoms with Crippen LogP contribution in [0, 0.1) is 20.8 Å². The Hall–Kier alpha value is -2.94. The first-order valence-electron chi connectivity index (χ1n) is 9.25. The van der Waals surface area contributed by atoms with Crippen molar-refractivity contribution < 1.29 is 14.4 Å². The molecule has 1 saturated heterocycles. The molecule has 1 aliphatic rings. The molecule has 29 heavy (non-hydrogen) atoms. The summed E-state index contributed by atoms with van der Waals surface area (Å²) in [5.41, 5.74) is 4.60. The number of aromatic nitrogens is 2. The lowest BCUT2D eigenvalue weighted by Gasteiger charge is -2.25. The number of carbonyl (C=O) groups is 3. The van der Waals surface area contributed by atoms with Crippen molar-refractivity contribution in [1.82, 2.24) is 25.7 Å². The van der Waals surface area contributed by atoms with Gasteiger partial charge in [-0.15, -0.1) is 0 Å². The van der Waals surface area contributed by atoms with Crippen molar-refractivity contribution in [1.29, 1.82) is 0 Å². The van der Waals surface area contributed by atoms with E-state index in [2.05, 4.69) is 20.7 Å². The summed E-state index contributed by atoms with van der Waals surface area (Å²) in [6, 6.07) is 8.34. The van der Waals surface area contributed by atoms with Crippen molar-refractivity contribution in [3.8, 4) is 0 Å². The molecule has 4 amide bonds. The summed E-state index contributed by atoms with van der Waals surface area (Å²) in [5, 5.41) is 3.96. The van der Waals surface area contributed by atoms with Gasteiger partial charge < -0.3 is 5.32 Å². The number of thioether (sulfide) groups is 1. The van der Waals surface area contributed by atoms with Gasteiger partial charge in [-0.3, -0.25) is 15.0 Å².